The number of esters is 1. The molecule has 0 bridgehead atoms. The molecule has 0 radical (unpaired) electrons. The topological polar surface area (TPSA) is 41.6 Å². The molecular weight excluding hydrogens is 216 g/mol. The van der Waals surface area contributed by atoms with Crippen LogP contribution in [-0.4, -0.2) is 48.2 Å². The fourth-order valence-corrected chi connectivity index (χ4v) is 2.90. The molecule has 0 amide bonds. The van der Waals surface area contributed by atoms with E-state index < -0.39 is 5.54 Å². The molecule has 2 fully saturated rings. The molecule has 2 atom stereocenters. The van der Waals surface area contributed by atoms with E-state index >= 15 is 0 Å². The minimum atomic E-state index is -0.585. The van der Waals surface area contributed by atoms with Crippen molar-refractivity contribution in [3.05, 3.63) is 0 Å². The van der Waals surface area contributed by atoms with Crippen LogP contribution in [0.3, 0.4) is 0 Å². The highest BCUT2D eigenvalue weighted by Crippen LogP contribution is 2.33. The number of nitrogens with one attached hydrogen (secondary N) is 1. The van der Waals surface area contributed by atoms with Crippen LogP contribution in [0.2, 0.25) is 0 Å². The highest BCUT2D eigenvalue weighted by atomic mass is 16.5. The summed E-state index contributed by atoms with van der Waals surface area (Å²) in [5.41, 5.74) is -0.585. The summed E-state index contributed by atoms with van der Waals surface area (Å²) in [5, 5.41) is 3.43. The molecule has 4 nitrogen and oxygen atoms in total. The van der Waals surface area contributed by atoms with Crippen LogP contribution >= 0.6 is 0 Å². The highest BCUT2D eigenvalue weighted by Gasteiger charge is 2.41. The average Bonchev–Trinajstić information content (AvgIpc) is 3.02. The molecule has 4 heteroatoms. The summed E-state index contributed by atoms with van der Waals surface area (Å²) in [4.78, 5) is 14.2. The van der Waals surface area contributed by atoms with Gasteiger partial charge in [0.1, 0.15) is 5.54 Å². The molecule has 1 heterocycles. The SMILES string of the molecule is COC(=O)C(C)(C)NC1CC(C)N(C2CC2)C1. The number of nitrogens with zero attached hydrogens (tertiary/aromatic N) is 1. The zero-order valence-electron chi connectivity index (χ0n) is 11.3. The molecular formula is C13H24N2O2. The normalized spacial score (nSPS) is 30.6. The molecule has 1 aliphatic heterocycles. The summed E-state index contributed by atoms with van der Waals surface area (Å²) < 4.78 is 4.82. The van der Waals surface area contributed by atoms with Crippen molar-refractivity contribution in [2.24, 2.45) is 0 Å². The molecule has 0 aromatic heterocycles. The Morgan fingerprint density at radius 1 is 1.41 bits per heavy atom. The quantitative estimate of drug-likeness (QED) is 0.749. The Hall–Kier alpha value is -0.610. The maximum atomic E-state index is 11.6. The van der Waals surface area contributed by atoms with E-state index in [9.17, 15) is 4.79 Å². The average molecular weight is 240 g/mol. The third kappa shape index (κ3) is 2.80. The van der Waals surface area contributed by atoms with Crippen molar-refractivity contribution in [1.82, 2.24) is 10.2 Å². The van der Waals surface area contributed by atoms with Crippen LogP contribution < -0.4 is 5.32 Å². The number of hydrogen-bond donors (Lipinski definition) is 1. The van der Waals surface area contributed by atoms with Crippen LogP contribution in [0.25, 0.3) is 0 Å². The van der Waals surface area contributed by atoms with E-state index in [1.165, 1.54) is 20.0 Å². The molecule has 98 valence electrons. The molecule has 2 unspecified atom stereocenters. The van der Waals surface area contributed by atoms with E-state index in [4.69, 9.17) is 4.74 Å². The third-order valence-electron chi connectivity index (χ3n) is 3.90. The molecule has 0 aromatic carbocycles. The van der Waals surface area contributed by atoms with Crippen molar-refractivity contribution in [3.63, 3.8) is 0 Å². The van der Waals surface area contributed by atoms with Gasteiger partial charge in [-0.2, -0.15) is 0 Å². The molecule has 0 aromatic rings. The number of carbonyl (C=O) groups is 1. The van der Waals surface area contributed by atoms with Gasteiger partial charge in [-0.05, 0) is 40.0 Å². The van der Waals surface area contributed by atoms with Crippen molar-refractivity contribution < 1.29 is 9.53 Å². The molecule has 17 heavy (non-hydrogen) atoms. The van der Waals surface area contributed by atoms with Crippen molar-refractivity contribution in [1.29, 1.82) is 0 Å². The van der Waals surface area contributed by atoms with Gasteiger partial charge < -0.3 is 4.74 Å². The summed E-state index contributed by atoms with van der Waals surface area (Å²) in [5.74, 6) is -0.185. The zero-order valence-corrected chi connectivity index (χ0v) is 11.3. The smallest absolute Gasteiger partial charge is 0.325 e. The lowest BCUT2D eigenvalue weighted by molar-refractivity contribution is -0.147. The van der Waals surface area contributed by atoms with E-state index in [1.54, 1.807) is 0 Å². The lowest BCUT2D eigenvalue weighted by atomic mass is 10.0. The Morgan fingerprint density at radius 3 is 2.59 bits per heavy atom. The van der Waals surface area contributed by atoms with E-state index in [0.717, 1.165) is 19.0 Å². The lowest BCUT2D eigenvalue weighted by Crippen LogP contribution is -2.52. The second-order valence-corrected chi connectivity index (χ2v) is 5.97. The molecule has 1 aliphatic carbocycles. The van der Waals surface area contributed by atoms with Gasteiger partial charge >= 0.3 is 5.97 Å². The second-order valence-electron chi connectivity index (χ2n) is 5.97. The molecule has 2 rings (SSSR count). The van der Waals surface area contributed by atoms with Crippen molar-refractivity contribution >= 4 is 5.97 Å². The van der Waals surface area contributed by atoms with Gasteiger partial charge in [-0.15, -0.1) is 0 Å². The van der Waals surface area contributed by atoms with Gasteiger partial charge in [-0.3, -0.25) is 15.0 Å². The van der Waals surface area contributed by atoms with Crippen LogP contribution in [0.15, 0.2) is 0 Å². The van der Waals surface area contributed by atoms with Crippen molar-refractivity contribution in [2.75, 3.05) is 13.7 Å². The summed E-state index contributed by atoms with van der Waals surface area (Å²) in [6, 6.07) is 1.84. The maximum absolute atomic E-state index is 11.6. The first-order chi connectivity index (χ1) is 7.94. The first-order valence-corrected chi connectivity index (χ1v) is 6.56. The summed E-state index contributed by atoms with van der Waals surface area (Å²) in [6.07, 6.45) is 3.81. The van der Waals surface area contributed by atoms with E-state index in [2.05, 4.69) is 17.1 Å². The Labute approximate surface area is 104 Å². The van der Waals surface area contributed by atoms with Crippen LogP contribution in [0, 0.1) is 0 Å². The van der Waals surface area contributed by atoms with Gasteiger partial charge in [0.05, 0.1) is 7.11 Å². The number of ether oxygens (including phenoxy) is 1. The van der Waals surface area contributed by atoms with Gasteiger partial charge in [0.25, 0.3) is 0 Å². The van der Waals surface area contributed by atoms with Gasteiger partial charge in [0.15, 0.2) is 0 Å². The monoisotopic (exact) mass is 240 g/mol. The minimum absolute atomic E-state index is 0.185. The number of rotatable bonds is 4. The third-order valence-corrected chi connectivity index (χ3v) is 3.90. The fraction of sp³-hybridized carbons (Fsp3) is 0.923. The maximum Gasteiger partial charge on any atom is 0.325 e. The fourth-order valence-electron chi connectivity index (χ4n) is 2.90. The van der Waals surface area contributed by atoms with Crippen molar-refractivity contribution in [3.8, 4) is 0 Å². The Bertz CT molecular complexity index is 300. The number of carbonyl (C=O) groups excluding carboxylic acids is 1. The predicted octanol–water partition coefficient (Wildman–Crippen LogP) is 1.15. The van der Waals surface area contributed by atoms with Crippen LogP contribution in [0.5, 0.6) is 0 Å². The standard InChI is InChI=1S/C13H24N2O2/c1-9-7-10(8-15(9)11-5-6-11)14-13(2,3)12(16)17-4/h9-11,14H,5-8H2,1-4H3. The number of methoxy groups -OCH3 is 1. The predicted molar refractivity (Wildman–Crippen MR) is 66.8 cm³/mol. The summed E-state index contributed by atoms with van der Waals surface area (Å²) >= 11 is 0. The molecule has 1 saturated carbocycles. The van der Waals surface area contributed by atoms with E-state index in [1.807, 2.05) is 13.8 Å². The van der Waals surface area contributed by atoms with E-state index in [-0.39, 0.29) is 5.97 Å². The zero-order chi connectivity index (χ0) is 12.6. The Balaban J connectivity index is 1.90. The summed E-state index contributed by atoms with van der Waals surface area (Å²) in [6.45, 7) is 7.13. The van der Waals surface area contributed by atoms with Gasteiger partial charge in [0.2, 0.25) is 0 Å². The first-order valence-electron chi connectivity index (χ1n) is 6.56. The Morgan fingerprint density at radius 2 is 2.06 bits per heavy atom. The molecule has 1 saturated heterocycles. The number of likely N-dealkylation sites (tertiary alicyclic amines) is 1. The van der Waals surface area contributed by atoms with Gasteiger partial charge in [-0.1, -0.05) is 0 Å². The van der Waals surface area contributed by atoms with Crippen LogP contribution in [0.4, 0.5) is 0 Å². The van der Waals surface area contributed by atoms with E-state index in [0.29, 0.717) is 12.1 Å². The first kappa shape index (κ1) is 12.8. The van der Waals surface area contributed by atoms with Crippen LogP contribution in [-0.2, 0) is 9.53 Å². The van der Waals surface area contributed by atoms with Crippen molar-refractivity contribution in [2.45, 2.75) is 63.7 Å². The molecule has 1 N–H and O–H groups in total. The van der Waals surface area contributed by atoms with Gasteiger partial charge in [0, 0.05) is 24.7 Å². The van der Waals surface area contributed by atoms with Gasteiger partial charge in [-0.25, -0.2) is 0 Å². The Kier molecular flexibility index (Phi) is 3.46. The largest absolute Gasteiger partial charge is 0.468 e. The molecule has 0 spiro atoms. The minimum Gasteiger partial charge on any atom is -0.468 e. The highest BCUT2D eigenvalue weighted by molar-refractivity contribution is 5.79. The summed E-state index contributed by atoms with van der Waals surface area (Å²) in [7, 11) is 1.44. The second kappa shape index (κ2) is 4.58. The van der Waals surface area contributed by atoms with Crippen LogP contribution in [0.1, 0.15) is 40.0 Å². The number of hydrogen-bond acceptors (Lipinski definition) is 4. The lowest BCUT2D eigenvalue weighted by Gasteiger charge is -2.27. The molecule has 2 aliphatic rings.